The van der Waals surface area contributed by atoms with Crippen LogP contribution in [0.25, 0.3) is 0 Å². The van der Waals surface area contributed by atoms with E-state index in [9.17, 15) is 0 Å². The first kappa shape index (κ1) is 8.48. The molecule has 0 aromatic heterocycles. The van der Waals surface area contributed by atoms with Crippen LogP contribution < -0.4 is 0 Å². The summed E-state index contributed by atoms with van der Waals surface area (Å²) in [6, 6.07) is 0. The van der Waals surface area contributed by atoms with Crippen LogP contribution >= 0.6 is 44.7 Å². The molecule has 0 spiro atoms. The average Bonchev–Trinajstić information content (AvgIpc) is 1.27. The van der Waals surface area contributed by atoms with E-state index in [1.807, 2.05) is 13.8 Å². The molecule has 0 N–H and O–H groups in total. The lowest BCUT2D eigenvalue weighted by molar-refractivity contribution is 0.264. The van der Waals surface area contributed by atoms with Crippen molar-refractivity contribution < 1.29 is 4.65 Å². The second kappa shape index (κ2) is 4.37. The van der Waals surface area contributed by atoms with Crippen LogP contribution in [0, 0.1) is 0 Å². The van der Waals surface area contributed by atoms with E-state index in [0.717, 1.165) is 0 Å². The number of hydrogen-bond acceptors (Lipinski definition) is 1. The third kappa shape index (κ3) is 7.48. The van der Waals surface area contributed by atoms with Gasteiger partial charge in [0.2, 0.25) is 0 Å². The van der Waals surface area contributed by atoms with Crippen molar-refractivity contribution in [3.63, 3.8) is 0 Å². The van der Waals surface area contributed by atoms with Gasteiger partial charge in [0.15, 0.2) is 0 Å². The largest absolute Gasteiger partial charge is 0.438 e. The van der Waals surface area contributed by atoms with E-state index in [4.69, 9.17) is 4.65 Å². The summed E-state index contributed by atoms with van der Waals surface area (Å²) in [6.45, 7) is 4.06. The lowest BCUT2D eigenvalue weighted by atomic mass is 10.4. The summed E-state index contributed by atoms with van der Waals surface area (Å²) in [5.74, 6) is 0. The number of hydrogen-bond donors (Lipinski definition) is 0. The Morgan fingerprint density at radius 1 is 1.43 bits per heavy atom. The molecular formula is C3H7BI2O. The molecule has 7 heavy (non-hydrogen) atoms. The molecule has 0 aliphatic heterocycles. The van der Waals surface area contributed by atoms with Crippen LogP contribution in [-0.2, 0) is 4.65 Å². The molecule has 0 heterocycles. The van der Waals surface area contributed by atoms with Gasteiger partial charge in [0.1, 0.15) is 0 Å². The van der Waals surface area contributed by atoms with E-state index in [1.165, 1.54) is 0 Å². The topological polar surface area (TPSA) is 9.23 Å². The molecule has 1 nitrogen and oxygen atoms in total. The van der Waals surface area contributed by atoms with Gasteiger partial charge >= 0.3 is 2.63 Å². The van der Waals surface area contributed by atoms with Gasteiger partial charge in [0, 0.05) is 6.10 Å². The zero-order valence-corrected chi connectivity index (χ0v) is 8.63. The number of halogens is 2. The van der Waals surface area contributed by atoms with Gasteiger partial charge in [0.25, 0.3) is 0 Å². The summed E-state index contributed by atoms with van der Waals surface area (Å²) in [6.07, 6.45) is 0.360. The van der Waals surface area contributed by atoms with Crippen molar-refractivity contribution in [3.8, 4) is 0 Å². The molecule has 0 fully saturated rings. The van der Waals surface area contributed by atoms with Crippen molar-refractivity contribution in [2.75, 3.05) is 0 Å². The molecule has 0 rings (SSSR count). The smallest absolute Gasteiger partial charge is 0.416 e. The monoisotopic (exact) mass is 324 g/mol. The highest BCUT2D eigenvalue weighted by Crippen LogP contribution is 2.07. The second-order valence-electron chi connectivity index (χ2n) is 1.45. The highest BCUT2D eigenvalue weighted by Gasteiger charge is 2.04. The lowest BCUT2D eigenvalue weighted by Crippen LogP contribution is -2.08. The van der Waals surface area contributed by atoms with Crippen molar-refractivity contribution in [3.05, 3.63) is 0 Å². The number of rotatable bonds is 2. The molecule has 0 saturated carbocycles. The van der Waals surface area contributed by atoms with Crippen molar-refractivity contribution in [2.45, 2.75) is 20.0 Å². The summed E-state index contributed by atoms with van der Waals surface area (Å²) < 4.78 is 5.54. The van der Waals surface area contributed by atoms with Gasteiger partial charge in [-0.25, -0.2) is 0 Å². The highest BCUT2D eigenvalue weighted by atomic mass is 127. The summed E-state index contributed by atoms with van der Waals surface area (Å²) in [7, 11) is 0. The Bertz CT molecular complexity index is 42.2. The maximum absolute atomic E-state index is 5.22. The molecule has 0 aromatic rings. The van der Waals surface area contributed by atoms with Crippen LogP contribution in [0.1, 0.15) is 13.8 Å². The van der Waals surface area contributed by atoms with Crippen LogP contribution in [0.5, 0.6) is 0 Å². The quantitative estimate of drug-likeness (QED) is 0.559. The fourth-order valence-electron chi connectivity index (χ4n) is 0.206. The molecule has 0 atom stereocenters. The van der Waals surface area contributed by atoms with E-state index in [0.29, 0.717) is 8.73 Å². The van der Waals surface area contributed by atoms with Crippen LogP contribution in [0.2, 0.25) is 0 Å². The zero-order chi connectivity index (χ0) is 5.86. The van der Waals surface area contributed by atoms with E-state index in [-0.39, 0.29) is 0 Å². The Kier molecular flexibility index (Phi) is 5.30. The molecule has 0 saturated heterocycles. The molecular weight excluding hydrogens is 317 g/mol. The van der Waals surface area contributed by atoms with Crippen LogP contribution in [0.15, 0.2) is 0 Å². The predicted octanol–water partition coefficient (Wildman–Crippen LogP) is 2.27. The van der Waals surface area contributed by atoms with Gasteiger partial charge in [0.05, 0.1) is 0 Å². The molecule has 4 heteroatoms. The Balaban J connectivity index is 2.95. The van der Waals surface area contributed by atoms with Crippen molar-refractivity contribution in [2.24, 2.45) is 0 Å². The van der Waals surface area contributed by atoms with Gasteiger partial charge in [-0.15, -0.1) is 0 Å². The average molecular weight is 324 g/mol. The summed E-state index contributed by atoms with van der Waals surface area (Å²) in [4.78, 5) is 0. The molecule has 0 aliphatic rings. The minimum atomic E-state index is 0.315. The fourth-order valence-corrected chi connectivity index (χ4v) is 1.38. The Morgan fingerprint density at radius 2 is 1.86 bits per heavy atom. The SMILES string of the molecule is CC(C)OB(I)I. The lowest BCUT2D eigenvalue weighted by Gasteiger charge is -2.04. The molecule has 0 unspecified atom stereocenters. The highest BCUT2D eigenvalue weighted by molar-refractivity contribution is 14.3. The predicted molar refractivity (Wildman–Crippen MR) is 50.0 cm³/mol. The van der Waals surface area contributed by atoms with E-state index < -0.39 is 0 Å². The van der Waals surface area contributed by atoms with Gasteiger partial charge in [-0.3, -0.25) is 0 Å². The van der Waals surface area contributed by atoms with Gasteiger partial charge in [-0.2, -0.15) is 0 Å². The molecule has 0 aliphatic carbocycles. The summed E-state index contributed by atoms with van der Waals surface area (Å²) in [5, 5.41) is 0. The molecule has 0 amide bonds. The van der Waals surface area contributed by atoms with Crippen molar-refractivity contribution in [1.29, 1.82) is 0 Å². The third-order valence-electron chi connectivity index (χ3n) is 0.375. The second-order valence-corrected chi connectivity index (χ2v) is 6.09. The zero-order valence-electron chi connectivity index (χ0n) is 4.32. The van der Waals surface area contributed by atoms with Gasteiger partial charge in [-0.1, -0.05) is 44.7 Å². The van der Waals surface area contributed by atoms with Crippen LogP contribution in [0.3, 0.4) is 0 Å². The summed E-state index contributed by atoms with van der Waals surface area (Å²) >= 11 is 4.44. The van der Waals surface area contributed by atoms with Gasteiger partial charge < -0.3 is 4.65 Å². The Labute approximate surface area is 71.4 Å². The Hall–Kier alpha value is 1.48. The maximum Gasteiger partial charge on any atom is 0.438 e. The van der Waals surface area contributed by atoms with Crippen LogP contribution in [0.4, 0.5) is 0 Å². The van der Waals surface area contributed by atoms with E-state index in [2.05, 4.69) is 44.7 Å². The molecule has 0 aromatic carbocycles. The first-order valence-corrected chi connectivity index (χ1v) is 4.55. The van der Waals surface area contributed by atoms with E-state index >= 15 is 0 Å². The first-order valence-electron chi connectivity index (χ1n) is 2.06. The third-order valence-corrected chi connectivity index (χ3v) is 0.962. The van der Waals surface area contributed by atoms with Crippen molar-refractivity contribution >= 4 is 47.4 Å². The normalized spacial score (nSPS) is 9.86. The van der Waals surface area contributed by atoms with Crippen molar-refractivity contribution in [1.82, 2.24) is 0 Å². The minimum absolute atomic E-state index is 0.315. The van der Waals surface area contributed by atoms with Gasteiger partial charge in [-0.05, 0) is 13.8 Å². The Morgan fingerprint density at radius 3 is 1.86 bits per heavy atom. The molecule has 0 bridgehead atoms. The standard InChI is InChI=1S/C3H7BI2O/c1-3(2)7-4(5)6/h3H,1-2H3. The summed E-state index contributed by atoms with van der Waals surface area (Å²) in [5.41, 5.74) is 0. The van der Waals surface area contributed by atoms with Crippen LogP contribution in [-0.4, -0.2) is 8.73 Å². The maximum atomic E-state index is 5.22. The fraction of sp³-hybridized carbons (Fsp3) is 1.00. The molecule has 42 valence electrons. The molecule has 0 radical (unpaired) electrons. The minimum Gasteiger partial charge on any atom is -0.416 e. The first-order chi connectivity index (χ1) is 3.13. The van der Waals surface area contributed by atoms with E-state index in [1.54, 1.807) is 0 Å².